The summed E-state index contributed by atoms with van der Waals surface area (Å²) in [6, 6.07) is 27.3. The Kier molecular flexibility index (Phi) is 5.61. The van der Waals surface area contributed by atoms with Crippen LogP contribution < -0.4 is 11.0 Å². The number of anilines is 1. The number of fused-ring (bicyclic) bond motifs is 2. The molecule has 8 heteroatoms. The van der Waals surface area contributed by atoms with Crippen LogP contribution in [0.4, 0.5) is 5.69 Å². The van der Waals surface area contributed by atoms with E-state index in [-0.39, 0.29) is 24.2 Å². The summed E-state index contributed by atoms with van der Waals surface area (Å²) in [5.41, 5.74) is 4.37. The fourth-order valence-electron chi connectivity index (χ4n) is 4.59. The first-order valence-electron chi connectivity index (χ1n) is 11.9. The molecule has 8 nitrogen and oxygen atoms in total. The molecule has 1 aliphatic heterocycles. The molecule has 3 aromatic carbocycles. The first-order valence-corrected chi connectivity index (χ1v) is 11.9. The number of aromatic nitrogens is 3. The van der Waals surface area contributed by atoms with E-state index in [0.717, 1.165) is 16.7 Å². The summed E-state index contributed by atoms with van der Waals surface area (Å²) in [7, 11) is 0. The van der Waals surface area contributed by atoms with E-state index in [0.29, 0.717) is 28.9 Å². The van der Waals surface area contributed by atoms with Gasteiger partial charge in [-0.2, -0.15) is 0 Å². The Labute approximate surface area is 211 Å². The topological polar surface area (TPSA) is 94.7 Å². The molecule has 0 radical (unpaired) electrons. The number of esters is 1. The van der Waals surface area contributed by atoms with Crippen molar-refractivity contribution in [3.8, 4) is 0 Å². The summed E-state index contributed by atoms with van der Waals surface area (Å²) in [6.45, 7) is 0.270. The van der Waals surface area contributed by atoms with Crippen molar-refractivity contribution in [2.45, 2.75) is 19.1 Å². The first-order chi connectivity index (χ1) is 18.0. The Bertz CT molecular complexity index is 1700. The molecule has 0 saturated heterocycles. The first kappa shape index (κ1) is 22.5. The monoisotopic (exact) mass is 490 g/mol. The van der Waals surface area contributed by atoms with Gasteiger partial charge in [0, 0.05) is 23.9 Å². The van der Waals surface area contributed by atoms with Crippen LogP contribution in [0.3, 0.4) is 0 Å². The van der Waals surface area contributed by atoms with E-state index in [1.54, 1.807) is 42.6 Å². The zero-order chi connectivity index (χ0) is 25.4. The molecule has 5 aromatic rings. The number of benzene rings is 3. The lowest BCUT2D eigenvalue weighted by molar-refractivity contribution is 0.0252. The van der Waals surface area contributed by atoms with Crippen molar-refractivity contribution in [3.05, 3.63) is 135 Å². The Balaban J connectivity index is 1.20. The van der Waals surface area contributed by atoms with Gasteiger partial charge in [-0.1, -0.05) is 48.5 Å². The quantitative estimate of drug-likeness (QED) is 0.372. The number of rotatable bonds is 5. The number of carbonyl (C=O) groups excluding carboxylic acids is 2. The lowest BCUT2D eigenvalue weighted by Gasteiger charge is -2.25. The lowest BCUT2D eigenvalue weighted by Crippen LogP contribution is -2.23. The van der Waals surface area contributed by atoms with Gasteiger partial charge in [0.15, 0.2) is 5.65 Å². The number of hydrogen-bond donors (Lipinski definition) is 1. The van der Waals surface area contributed by atoms with E-state index >= 15 is 0 Å². The summed E-state index contributed by atoms with van der Waals surface area (Å²) in [6.07, 6.45) is 1.78. The highest BCUT2D eigenvalue weighted by Gasteiger charge is 2.28. The van der Waals surface area contributed by atoms with Gasteiger partial charge in [0.25, 0.3) is 5.91 Å². The lowest BCUT2D eigenvalue weighted by atomic mass is 9.93. The molecule has 3 heterocycles. The largest absolute Gasteiger partial charge is 0.454 e. The van der Waals surface area contributed by atoms with E-state index in [9.17, 15) is 14.4 Å². The van der Waals surface area contributed by atoms with Gasteiger partial charge < -0.3 is 10.1 Å². The second-order valence-corrected chi connectivity index (χ2v) is 8.90. The third kappa shape index (κ3) is 4.40. The van der Waals surface area contributed by atoms with Crippen LogP contribution in [-0.4, -0.2) is 26.1 Å². The number of carbonyl (C=O) groups is 2. The van der Waals surface area contributed by atoms with Crippen molar-refractivity contribution in [2.75, 3.05) is 5.32 Å². The van der Waals surface area contributed by atoms with Crippen LogP contribution in [0.1, 0.15) is 43.5 Å². The van der Waals surface area contributed by atoms with E-state index in [1.807, 2.05) is 54.6 Å². The third-order valence-electron chi connectivity index (χ3n) is 6.42. The smallest absolute Gasteiger partial charge is 0.350 e. The number of amides is 1. The van der Waals surface area contributed by atoms with Crippen LogP contribution >= 0.6 is 0 Å². The van der Waals surface area contributed by atoms with Crippen LogP contribution in [0.2, 0.25) is 0 Å². The van der Waals surface area contributed by atoms with Gasteiger partial charge in [0.1, 0.15) is 6.10 Å². The molecule has 0 aliphatic carbocycles. The number of ether oxygens (including phenoxy) is 1. The number of nitrogens with zero attached hydrogens (tertiary/aromatic N) is 3. The minimum Gasteiger partial charge on any atom is -0.454 e. The van der Waals surface area contributed by atoms with Gasteiger partial charge in [0.05, 0.1) is 12.1 Å². The molecule has 0 spiro atoms. The van der Waals surface area contributed by atoms with Crippen LogP contribution in [-0.2, 0) is 17.7 Å². The molecule has 182 valence electrons. The summed E-state index contributed by atoms with van der Waals surface area (Å²) < 4.78 is 8.49. The van der Waals surface area contributed by atoms with Gasteiger partial charge in [0.2, 0.25) is 0 Å². The third-order valence-corrected chi connectivity index (χ3v) is 6.42. The second-order valence-electron chi connectivity index (χ2n) is 8.90. The van der Waals surface area contributed by atoms with Crippen LogP contribution in [0.5, 0.6) is 0 Å². The maximum absolute atomic E-state index is 13.1. The minimum atomic E-state index is -0.392. The van der Waals surface area contributed by atoms with Crippen molar-refractivity contribution < 1.29 is 14.3 Å². The standard InChI is InChI=1S/C29H22N4O4/c34-27(21-12-13-24-22(16-21)17-25(37-28(24)35)20-8-2-1-3-9-20)30-23-10-6-7-19(15-23)18-33-29(36)32-14-5-4-11-26(32)31-33/h1-16,25H,17-18H2,(H,30,34). The molecule has 0 fully saturated rings. The van der Waals surface area contributed by atoms with Gasteiger partial charge >= 0.3 is 11.7 Å². The van der Waals surface area contributed by atoms with Gasteiger partial charge in [-0.05, 0) is 59.2 Å². The molecule has 1 aliphatic rings. The molecule has 0 saturated carbocycles. The van der Waals surface area contributed by atoms with Gasteiger partial charge in [-0.3, -0.25) is 9.20 Å². The minimum absolute atomic E-state index is 0.230. The number of cyclic esters (lactones) is 1. The molecule has 6 rings (SSSR count). The summed E-state index contributed by atoms with van der Waals surface area (Å²) in [5, 5.41) is 7.28. The van der Waals surface area contributed by atoms with Crippen LogP contribution in [0.15, 0.2) is 102 Å². The fourth-order valence-corrected chi connectivity index (χ4v) is 4.59. The van der Waals surface area contributed by atoms with E-state index in [4.69, 9.17) is 4.74 Å². The van der Waals surface area contributed by atoms with Crippen molar-refractivity contribution in [3.63, 3.8) is 0 Å². The van der Waals surface area contributed by atoms with E-state index in [1.165, 1.54) is 9.08 Å². The predicted molar refractivity (Wildman–Crippen MR) is 138 cm³/mol. The van der Waals surface area contributed by atoms with Crippen molar-refractivity contribution in [2.24, 2.45) is 0 Å². The average Bonchev–Trinajstić information content (AvgIpc) is 3.24. The van der Waals surface area contributed by atoms with Crippen molar-refractivity contribution in [1.82, 2.24) is 14.2 Å². The average molecular weight is 491 g/mol. The normalized spacial score (nSPS) is 14.7. The Hall–Kier alpha value is -4.98. The highest BCUT2D eigenvalue weighted by atomic mass is 16.5. The SMILES string of the molecule is O=C(Nc1cccc(Cn2nc3ccccn3c2=O)c1)c1ccc2c(c1)CC(c1ccccc1)OC2=O. The number of nitrogens with one attached hydrogen (secondary N) is 1. The maximum atomic E-state index is 13.1. The predicted octanol–water partition coefficient (Wildman–Crippen LogP) is 4.25. The Morgan fingerprint density at radius 1 is 0.946 bits per heavy atom. The number of hydrogen-bond acceptors (Lipinski definition) is 5. The second kappa shape index (κ2) is 9.23. The van der Waals surface area contributed by atoms with Gasteiger partial charge in [-0.15, -0.1) is 5.10 Å². The highest BCUT2D eigenvalue weighted by molar-refractivity contribution is 6.05. The van der Waals surface area contributed by atoms with E-state index < -0.39 is 5.97 Å². The summed E-state index contributed by atoms with van der Waals surface area (Å²) in [5.74, 6) is -0.683. The Morgan fingerprint density at radius 2 is 1.78 bits per heavy atom. The molecule has 0 bridgehead atoms. The van der Waals surface area contributed by atoms with Crippen LogP contribution in [0, 0.1) is 0 Å². The molecule has 2 aromatic heterocycles. The zero-order valence-electron chi connectivity index (χ0n) is 19.7. The van der Waals surface area contributed by atoms with Crippen LogP contribution in [0.25, 0.3) is 5.65 Å². The zero-order valence-corrected chi connectivity index (χ0v) is 19.7. The van der Waals surface area contributed by atoms with Gasteiger partial charge in [-0.25, -0.2) is 14.3 Å². The molecule has 1 amide bonds. The molecule has 1 unspecified atom stereocenters. The molecule has 1 N–H and O–H groups in total. The van der Waals surface area contributed by atoms with E-state index in [2.05, 4.69) is 10.4 Å². The molecule has 1 atom stereocenters. The highest BCUT2D eigenvalue weighted by Crippen LogP contribution is 2.31. The molecular formula is C29H22N4O4. The number of pyridine rings is 1. The van der Waals surface area contributed by atoms with Crippen molar-refractivity contribution in [1.29, 1.82) is 0 Å². The summed E-state index contributed by atoms with van der Waals surface area (Å²) >= 11 is 0. The van der Waals surface area contributed by atoms with Crippen molar-refractivity contribution >= 4 is 23.2 Å². The fraction of sp³-hybridized carbons (Fsp3) is 0.103. The molecular weight excluding hydrogens is 468 g/mol. The Morgan fingerprint density at radius 3 is 2.62 bits per heavy atom. The summed E-state index contributed by atoms with van der Waals surface area (Å²) in [4.78, 5) is 38.2. The molecule has 37 heavy (non-hydrogen) atoms. The maximum Gasteiger partial charge on any atom is 0.350 e.